The fourth-order valence-corrected chi connectivity index (χ4v) is 2.41. The van der Waals surface area contributed by atoms with E-state index >= 15 is 0 Å². The maximum atomic E-state index is 13.5. The number of carbonyl (C=O) groups is 1. The second-order valence-corrected chi connectivity index (χ2v) is 5.71. The number of hydrogen-bond donors (Lipinski definition) is 0. The molecule has 6 heteroatoms. The lowest BCUT2D eigenvalue weighted by Gasteiger charge is -2.04. The van der Waals surface area contributed by atoms with Gasteiger partial charge in [-0.1, -0.05) is 22.0 Å². The molecule has 0 bridgehead atoms. The molecule has 3 rings (SSSR count). The SMILES string of the molecule is O=C(/C=C/c1cc(Br)ccc1F)OCc1ccc2c(c1)OCO2. The Labute approximate surface area is 140 Å². The number of esters is 1. The number of rotatable bonds is 4. The van der Waals surface area contributed by atoms with E-state index in [9.17, 15) is 9.18 Å². The molecular weight excluding hydrogens is 367 g/mol. The first-order valence-electron chi connectivity index (χ1n) is 6.80. The monoisotopic (exact) mass is 378 g/mol. The van der Waals surface area contributed by atoms with Crippen molar-refractivity contribution in [2.24, 2.45) is 0 Å². The van der Waals surface area contributed by atoms with E-state index in [1.807, 2.05) is 0 Å². The third-order valence-corrected chi connectivity index (χ3v) is 3.67. The summed E-state index contributed by atoms with van der Waals surface area (Å²) >= 11 is 3.25. The number of benzene rings is 2. The van der Waals surface area contributed by atoms with E-state index in [0.29, 0.717) is 17.1 Å². The van der Waals surface area contributed by atoms with Crippen LogP contribution in [-0.4, -0.2) is 12.8 Å². The molecule has 118 valence electrons. The van der Waals surface area contributed by atoms with Crippen LogP contribution in [0.15, 0.2) is 46.9 Å². The second-order valence-electron chi connectivity index (χ2n) is 4.79. The smallest absolute Gasteiger partial charge is 0.331 e. The van der Waals surface area contributed by atoms with Crippen LogP contribution in [0.3, 0.4) is 0 Å². The summed E-state index contributed by atoms with van der Waals surface area (Å²) < 4.78 is 29.9. The third-order valence-electron chi connectivity index (χ3n) is 3.18. The van der Waals surface area contributed by atoms with Crippen LogP contribution in [0, 0.1) is 5.82 Å². The van der Waals surface area contributed by atoms with Crippen LogP contribution < -0.4 is 9.47 Å². The van der Waals surface area contributed by atoms with Gasteiger partial charge < -0.3 is 14.2 Å². The highest BCUT2D eigenvalue weighted by Gasteiger charge is 2.13. The average molecular weight is 379 g/mol. The van der Waals surface area contributed by atoms with Crippen molar-refractivity contribution in [1.29, 1.82) is 0 Å². The Bertz CT molecular complexity index is 773. The van der Waals surface area contributed by atoms with Gasteiger partial charge in [0.15, 0.2) is 11.5 Å². The summed E-state index contributed by atoms with van der Waals surface area (Å²) in [5, 5.41) is 0. The van der Waals surface area contributed by atoms with E-state index in [-0.39, 0.29) is 13.4 Å². The average Bonchev–Trinajstić information content (AvgIpc) is 3.01. The number of halogens is 2. The number of carbonyl (C=O) groups excluding carboxylic acids is 1. The molecular formula is C17H12BrFO4. The molecule has 0 radical (unpaired) electrons. The summed E-state index contributed by atoms with van der Waals surface area (Å²) in [6, 6.07) is 9.80. The van der Waals surface area contributed by atoms with Gasteiger partial charge in [0.2, 0.25) is 6.79 Å². The van der Waals surface area contributed by atoms with Crippen LogP contribution >= 0.6 is 15.9 Å². The van der Waals surface area contributed by atoms with Crippen LogP contribution in [0.2, 0.25) is 0 Å². The molecule has 0 fully saturated rings. The highest BCUT2D eigenvalue weighted by molar-refractivity contribution is 9.10. The number of fused-ring (bicyclic) bond motifs is 1. The van der Waals surface area contributed by atoms with E-state index in [2.05, 4.69) is 15.9 Å². The van der Waals surface area contributed by atoms with Gasteiger partial charge in [0, 0.05) is 16.1 Å². The van der Waals surface area contributed by atoms with E-state index in [1.54, 1.807) is 30.3 Å². The molecule has 2 aromatic rings. The fraction of sp³-hybridized carbons (Fsp3) is 0.118. The van der Waals surface area contributed by atoms with Crippen LogP contribution in [0.1, 0.15) is 11.1 Å². The Morgan fingerprint density at radius 1 is 1.22 bits per heavy atom. The molecule has 0 unspecified atom stereocenters. The minimum atomic E-state index is -0.554. The Morgan fingerprint density at radius 3 is 2.91 bits per heavy atom. The van der Waals surface area contributed by atoms with Crippen LogP contribution in [0.4, 0.5) is 4.39 Å². The van der Waals surface area contributed by atoms with Gasteiger partial charge in [-0.25, -0.2) is 9.18 Å². The molecule has 4 nitrogen and oxygen atoms in total. The molecule has 0 spiro atoms. The first kappa shape index (κ1) is 15.6. The van der Waals surface area contributed by atoms with Crippen LogP contribution in [-0.2, 0) is 16.1 Å². The number of hydrogen-bond acceptors (Lipinski definition) is 4. The van der Waals surface area contributed by atoms with Crippen LogP contribution in [0.5, 0.6) is 11.5 Å². The van der Waals surface area contributed by atoms with Crippen molar-refractivity contribution in [2.75, 3.05) is 6.79 Å². The highest BCUT2D eigenvalue weighted by atomic mass is 79.9. The standard InChI is InChI=1S/C17H12BrFO4/c18-13-3-4-14(19)12(8-13)2-6-17(20)21-9-11-1-5-15-16(7-11)23-10-22-15/h1-8H,9-10H2/b6-2+. The minimum absolute atomic E-state index is 0.0980. The Kier molecular flexibility index (Phi) is 4.62. The quantitative estimate of drug-likeness (QED) is 0.594. The van der Waals surface area contributed by atoms with E-state index in [0.717, 1.165) is 10.0 Å². The first-order chi connectivity index (χ1) is 11.1. The van der Waals surface area contributed by atoms with Gasteiger partial charge in [-0.3, -0.25) is 0 Å². The van der Waals surface area contributed by atoms with Gasteiger partial charge in [-0.05, 0) is 42.0 Å². The first-order valence-corrected chi connectivity index (χ1v) is 7.59. The van der Waals surface area contributed by atoms with Crippen LogP contribution in [0.25, 0.3) is 6.08 Å². The Balaban J connectivity index is 1.59. The van der Waals surface area contributed by atoms with Crippen molar-refractivity contribution >= 4 is 28.0 Å². The summed E-state index contributed by atoms with van der Waals surface area (Å²) in [7, 11) is 0. The minimum Gasteiger partial charge on any atom is -0.458 e. The van der Waals surface area contributed by atoms with E-state index < -0.39 is 11.8 Å². The summed E-state index contributed by atoms with van der Waals surface area (Å²) in [5.41, 5.74) is 1.09. The molecule has 0 aliphatic carbocycles. The summed E-state index contributed by atoms with van der Waals surface area (Å²) in [5.74, 6) is 0.338. The van der Waals surface area contributed by atoms with Crippen molar-refractivity contribution in [1.82, 2.24) is 0 Å². The lowest BCUT2D eigenvalue weighted by atomic mass is 10.2. The van der Waals surface area contributed by atoms with E-state index in [1.165, 1.54) is 18.2 Å². The molecule has 2 aromatic carbocycles. The maximum absolute atomic E-state index is 13.5. The van der Waals surface area contributed by atoms with Gasteiger partial charge in [0.25, 0.3) is 0 Å². The van der Waals surface area contributed by atoms with Crippen molar-refractivity contribution in [3.05, 3.63) is 63.9 Å². The predicted octanol–water partition coefficient (Wildman–Crippen LogP) is 4.07. The molecule has 23 heavy (non-hydrogen) atoms. The molecule has 1 aliphatic heterocycles. The summed E-state index contributed by atoms with van der Waals surface area (Å²) in [6.45, 7) is 0.292. The lowest BCUT2D eigenvalue weighted by molar-refractivity contribution is -0.138. The fourth-order valence-electron chi connectivity index (χ4n) is 2.03. The normalized spacial score (nSPS) is 12.6. The van der Waals surface area contributed by atoms with E-state index in [4.69, 9.17) is 14.2 Å². The van der Waals surface area contributed by atoms with Gasteiger partial charge in [0.05, 0.1) is 0 Å². The van der Waals surface area contributed by atoms with Gasteiger partial charge in [0.1, 0.15) is 12.4 Å². The largest absolute Gasteiger partial charge is 0.458 e. The van der Waals surface area contributed by atoms with Crippen molar-refractivity contribution in [2.45, 2.75) is 6.61 Å². The van der Waals surface area contributed by atoms with Crippen molar-refractivity contribution in [3.8, 4) is 11.5 Å². The zero-order chi connectivity index (χ0) is 16.2. The van der Waals surface area contributed by atoms with Gasteiger partial charge in [-0.15, -0.1) is 0 Å². The molecule has 0 amide bonds. The molecule has 1 aliphatic rings. The van der Waals surface area contributed by atoms with Gasteiger partial charge in [-0.2, -0.15) is 0 Å². The Morgan fingerprint density at radius 2 is 2.04 bits per heavy atom. The predicted molar refractivity (Wildman–Crippen MR) is 85.5 cm³/mol. The van der Waals surface area contributed by atoms with Crippen molar-refractivity contribution in [3.63, 3.8) is 0 Å². The molecule has 0 atom stereocenters. The molecule has 0 N–H and O–H groups in total. The number of ether oxygens (including phenoxy) is 3. The highest BCUT2D eigenvalue weighted by Crippen LogP contribution is 2.32. The third kappa shape index (κ3) is 3.90. The molecule has 0 saturated carbocycles. The molecule has 0 saturated heterocycles. The van der Waals surface area contributed by atoms with Gasteiger partial charge >= 0.3 is 5.97 Å². The second kappa shape index (κ2) is 6.83. The zero-order valence-electron chi connectivity index (χ0n) is 11.9. The molecule has 0 aromatic heterocycles. The topological polar surface area (TPSA) is 44.8 Å². The molecule has 1 heterocycles. The van der Waals surface area contributed by atoms with Crippen molar-refractivity contribution < 1.29 is 23.4 Å². The Hall–Kier alpha value is -2.34. The maximum Gasteiger partial charge on any atom is 0.331 e. The summed E-state index contributed by atoms with van der Waals surface area (Å²) in [4.78, 5) is 11.7. The summed E-state index contributed by atoms with van der Waals surface area (Å²) in [6.07, 6.45) is 2.57. The zero-order valence-corrected chi connectivity index (χ0v) is 13.5. The lowest BCUT2D eigenvalue weighted by Crippen LogP contribution is -2.00.